The molecule has 0 saturated heterocycles. The normalized spacial score (nSPS) is 12.1. The van der Waals surface area contributed by atoms with Gasteiger partial charge in [0.25, 0.3) is 5.91 Å². The van der Waals surface area contributed by atoms with Gasteiger partial charge in [-0.25, -0.2) is 0 Å². The highest BCUT2D eigenvalue weighted by atomic mass is 32.1. The summed E-state index contributed by atoms with van der Waals surface area (Å²) in [4.78, 5) is 18.6. The Kier molecular flexibility index (Phi) is 5.47. The summed E-state index contributed by atoms with van der Waals surface area (Å²) in [7, 11) is 0. The number of hydrogen-bond donors (Lipinski definition) is 1. The second kappa shape index (κ2) is 7.33. The van der Waals surface area contributed by atoms with Crippen molar-refractivity contribution in [2.24, 2.45) is 0 Å². The van der Waals surface area contributed by atoms with E-state index in [0.717, 1.165) is 11.1 Å². The van der Waals surface area contributed by atoms with E-state index in [4.69, 9.17) is 0 Å². The van der Waals surface area contributed by atoms with Crippen LogP contribution in [0.2, 0.25) is 0 Å². The highest BCUT2D eigenvalue weighted by molar-refractivity contribution is 7.07. The third kappa shape index (κ3) is 3.89. The van der Waals surface area contributed by atoms with Crippen molar-refractivity contribution >= 4 is 17.2 Å². The molecule has 0 aliphatic heterocycles. The smallest absolute Gasteiger partial charge is 0.256 e. The first kappa shape index (κ1) is 15.7. The molecule has 2 aromatic heterocycles. The lowest BCUT2D eigenvalue weighted by atomic mass is 10.1. The number of carbonyl (C=O) groups excluding carboxylic acids is 1. The number of aliphatic hydroxyl groups excluding tert-OH is 1. The number of carbonyl (C=O) groups is 1. The predicted molar refractivity (Wildman–Crippen MR) is 84.3 cm³/mol. The molecule has 0 aromatic carbocycles. The molecule has 2 heterocycles. The van der Waals surface area contributed by atoms with Crippen molar-refractivity contribution in [3.63, 3.8) is 0 Å². The Morgan fingerprint density at radius 3 is 2.86 bits per heavy atom. The van der Waals surface area contributed by atoms with Crippen molar-refractivity contribution in [2.75, 3.05) is 6.61 Å². The third-order valence-corrected chi connectivity index (χ3v) is 4.17. The van der Waals surface area contributed by atoms with Gasteiger partial charge in [-0.15, -0.1) is 0 Å². The summed E-state index contributed by atoms with van der Waals surface area (Å²) in [6.07, 6.45) is 4.02. The van der Waals surface area contributed by atoms with Crippen molar-refractivity contribution in [3.05, 3.63) is 52.0 Å². The lowest BCUT2D eigenvalue weighted by molar-refractivity contribution is 0.0563. The summed E-state index contributed by atoms with van der Waals surface area (Å²) in [6, 6.07) is 3.65. The van der Waals surface area contributed by atoms with Crippen molar-refractivity contribution in [3.8, 4) is 0 Å². The minimum absolute atomic E-state index is 0.0361. The number of pyridine rings is 1. The van der Waals surface area contributed by atoms with Crippen LogP contribution in [0.25, 0.3) is 0 Å². The van der Waals surface area contributed by atoms with Gasteiger partial charge in [-0.2, -0.15) is 11.3 Å². The molecule has 1 atom stereocenters. The first-order chi connectivity index (χ1) is 10.2. The second-order valence-electron chi connectivity index (χ2n) is 5.06. The van der Waals surface area contributed by atoms with E-state index in [-0.39, 0.29) is 18.6 Å². The molecular weight excluding hydrogens is 284 g/mol. The molecule has 1 amide bonds. The topological polar surface area (TPSA) is 53.4 Å². The zero-order chi connectivity index (χ0) is 15.2. The van der Waals surface area contributed by atoms with Gasteiger partial charge in [-0.3, -0.25) is 9.78 Å². The molecule has 0 fully saturated rings. The number of hydrogen-bond acceptors (Lipinski definition) is 4. The summed E-state index contributed by atoms with van der Waals surface area (Å²) in [5.41, 5.74) is 2.60. The Labute approximate surface area is 129 Å². The Morgan fingerprint density at radius 2 is 2.29 bits per heavy atom. The maximum Gasteiger partial charge on any atom is 0.256 e. The summed E-state index contributed by atoms with van der Waals surface area (Å²) in [6.45, 7) is 4.36. The minimum atomic E-state index is -0.182. The van der Waals surface area contributed by atoms with E-state index < -0.39 is 0 Å². The van der Waals surface area contributed by atoms with Gasteiger partial charge in [0.2, 0.25) is 0 Å². The van der Waals surface area contributed by atoms with Crippen molar-refractivity contribution in [2.45, 2.75) is 32.9 Å². The molecule has 0 saturated carbocycles. The molecule has 0 radical (unpaired) electrons. The molecule has 2 aromatic rings. The van der Waals surface area contributed by atoms with Crippen molar-refractivity contribution < 1.29 is 9.90 Å². The SMILES string of the molecule is CC[C@@H](CO)N(Cc1ccsc1)C(=O)c1cncc(C)c1. The number of thiophene rings is 1. The van der Waals surface area contributed by atoms with Gasteiger partial charge in [0.05, 0.1) is 18.2 Å². The highest BCUT2D eigenvalue weighted by Gasteiger charge is 2.23. The van der Waals surface area contributed by atoms with E-state index in [1.54, 1.807) is 28.6 Å². The van der Waals surface area contributed by atoms with E-state index in [1.807, 2.05) is 36.7 Å². The molecule has 0 unspecified atom stereocenters. The van der Waals surface area contributed by atoms with Crippen LogP contribution in [0.4, 0.5) is 0 Å². The second-order valence-corrected chi connectivity index (χ2v) is 5.84. The maximum atomic E-state index is 12.8. The number of rotatable bonds is 6. The zero-order valence-electron chi connectivity index (χ0n) is 12.3. The van der Waals surface area contributed by atoms with Crippen LogP contribution in [0, 0.1) is 6.92 Å². The number of amides is 1. The fourth-order valence-corrected chi connectivity index (χ4v) is 2.89. The number of nitrogens with zero attached hydrogens (tertiary/aromatic N) is 2. The maximum absolute atomic E-state index is 12.8. The number of aliphatic hydroxyl groups is 1. The van der Waals surface area contributed by atoms with Crippen LogP contribution in [0.5, 0.6) is 0 Å². The summed E-state index contributed by atoms with van der Waals surface area (Å²) >= 11 is 1.61. The third-order valence-electron chi connectivity index (χ3n) is 3.44. The molecule has 21 heavy (non-hydrogen) atoms. The molecule has 0 aliphatic rings. The van der Waals surface area contributed by atoms with Crippen LogP contribution in [0.3, 0.4) is 0 Å². The van der Waals surface area contributed by atoms with E-state index in [1.165, 1.54) is 0 Å². The molecule has 5 heteroatoms. The summed E-state index contributed by atoms with van der Waals surface area (Å²) < 4.78 is 0. The quantitative estimate of drug-likeness (QED) is 0.893. The standard InChI is InChI=1S/C16H20N2O2S/c1-3-15(10-19)18(9-13-4-5-21-11-13)16(20)14-6-12(2)7-17-8-14/h4-8,11,15,19H,3,9-10H2,1-2H3/t15-/m0/s1. The summed E-state index contributed by atoms with van der Waals surface area (Å²) in [5.74, 6) is -0.0849. The van der Waals surface area contributed by atoms with Gasteiger partial charge < -0.3 is 10.0 Å². The average Bonchev–Trinajstić information content (AvgIpc) is 3.00. The van der Waals surface area contributed by atoms with Crippen LogP contribution in [0.15, 0.2) is 35.3 Å². The first-order valence-electron chi connectivity index (χ1n) is 7.00. The van der Waals surface area contributed by atoms with E-state index >= 15 is 0 Å². The Hall–Kier alpha value is -1.72. The lowest BCUT2D eigenvalue weighted by Gasteiger charge is -2.30. The van der Waals surface area contributed by atoms with E-state index in [0.29, 0.717) is 18.5 Å². The van der Waals surface area contributed by atoms with Gasteiger partial charge in [-0.05, 0) is 47.4 Å². The molecule has 112 valence electrons. The van der Waals surface area contributed by atoms with Crippen LogP contribution >= 0.6 is 11.3 Å². The zero-order valence-corrected chi connectivity index (χ0v) is 13.1. The first-order valence-corrected chi connectivity index (χ1v) is 7.94. The van der Waals surface area contributed by atoms with Gasteiger partial charge >= 0.3 is 0 Å². The molecule has 2 rings (SSSR count). The van der Waals surface area contributed by atoms with Gasteiger partial charge in [-0.1, -0.05) is 6.92 Å². The molecule has 1 N–H and O–H groups in total. The van der Waals surface area contributed by atoms with Gasteiger partial charge in [0.15, 0.2) is 0 Å². The van der Waals surface area contributed by atoms with Crippen molar-refractivity contribution in [1.29, 1.82) is 0 Å². The van der Waals surface area contributed by atoms with Crippen LogP contribution in [-0.4, -0.2) is 33.5 Å². The van der Waals surface area contributed by atoms with Crippen LogP contribution in [0.1, 0.15) is 34.8 Å². The number of aromatic nitrogens is 1. The van der Waals surface area contributed by atoms with Crippen molar-refractivity contribution in [1.82, 2.24) is 9.88 Å². The average molecular weight is 304 g/mol. The molecule has 4 nitrogen and oxygen atoms in total. The van der Waals surface area contributed by atoms with E-state index in [9.17, 15) is 9.90 Å². The molecule has 0 aliphatic carbocycles. The monoisotopic (exact) mass is 304 g/mol. The van der Waals surface area contributed by atoms with E-state index in [2.05, 4.69) is 4.98 Å². The molecule has 0 spiro atoms. The molecule has 0 bridgehead atoms. The highest BCUT2D eigenvalue weighted by Crippen LogP contribution is 2.17. The minimum Gasteiger partial charge on any atom is -0.394 e. The largest absolute Gasteiger partial charge is 0.394 e. The fraction of sp³-hybridized carbons (Fsp3) is 0.375. The van der Waals surface area contributed by atoms with Gasteiger partial charge in [0.1, 0.15) is 0 Å². The lowest BCUT2D eigenvalue weighted by Crippen LogP contribution is -2.41. The Morgan fingerprint density at radius 1 is 1.48 bits per heavy atom. The Balaban J connectivity index is 2.27. The molecular formula is C16H20N2O2S. The summed E-state index contributed by atoms with van der Waals surface area (Å²) in [5, 5.41) is 13.6. The Bertz CT molecular complexity index is 580. The number of aryl methyl sites for hydroxylation is 1. The predicted octanol–water partition coefficient (Wildman–Crippen LogP) is 2.86. The van der Waals surface area contributed by atoms with Crippen LogP contribution in [-0.2, 0) is 6.54 Å². The van der Waals surface area contributed by atoms with Gasteiger partial charge in [0, 0.05) is 18.9 Å². The fourth-order valence-electron chi connectivity index (χ4n) is 2.23. The van der Waals surface area contributed by atoms with Crippen LogP contribution < -0.4 is 0 Å².